The van der Waals surface area contributed by atoms with Crippen LogP contribution >= 0.6 is 23.6 Å². The Kier molecular flexibility index (Phi) is 5.27. The highest BCUT2D eigenvalue weighted by Crippen LogP contribution is 2.31. The van der Waals surface area contributed by atoms with E-state index in [9.17, 15) is 4.79 Å². The van der Waals surface area contributed by atoms with Gasteiger partial charge in [-0.15, -0.1) is 11.3 Å². The Morgan fingerprint density at radius 1 is 1.11 bits per heavy atom. The molecule has 2 heterocycles. The lowest BCUT2D eigenvalue weighted by atomic mass is 10.2. The zero-order valence-corrected chi connectivity index (χ0v) is 16.2. The highest BCUT2D eigenvalue weighted by molar-refractivity contribution is 7.80. The number of carbonyl (C=O) groups is 1. The topological polar surface area (TPSA) is 67.2 Å². The average molecular weight is 406 g/mol. The number of fused-ring (bicyclic) bond motifs is 1. The van der Waals surface area contributed by atoms with Crippen molar-refractivity contribution in [3.63, 3.8) is 0 Å². The van der Waals surface area contributed by atoms with Gasteiger partial charge in [-0.2, -0.15) is 0 Å². The fourth-order valence-electron chi connectivity index (χ4n) is 2.59. The molecule has 0 atom stereocenters. The third-order valence-electron chi connectivity index (χ3n) is 3.84. The minimum absolute atomic E-state index is 0.218. The van der Waals surface area contributed by atoms with Gasteiger partial charge in [-0.05, 0) is 54.7 Å². The number of nitrogens with zero attached hydrogens (tertiary/aromatic N) is 1. The van der Waals surface area contributed by atoms with Crippen molar-refractivity contribution in [3.8, 4) is 10.6 Å². The lowest BCUT2D eigenvalue weighted by Crippen LogP contribution is -2.32. The second-order valence-corrected chi connectivity index (χ2v) is 7.30. The first-order valence-corrected chi connectivity index (χ1v) is 9.69. The van der Waals surface area contributed by atoms with Gasteiger partial charge in [0.1, 0.15) is 10.8 Å². The lowest BCUT2D eigenvalue weighted by molar-refractivity contribution is -0.115. The largest absolute Gasteiger partial charge is 0.465 e. The average Bonchev–Trinajstić information content (AvgIpc) is 3.36. The highest BCUT2D eigenvalue weighted by atomic mass is 32.1. The normalized spacial score (nSPS) is 11.0. The van der Waals surface area contributed by atoms with Gasteiger partial charge in [0, 0.05) is 17.3 Å². The van der Waals surface area contributed by atoms with Crippen molar-refractivity contribution in [2.75, 3.05) is 5.32 Å². The van der Waals surface area contributed by atoms with Gasteiger partial charge in [-0.3, -0.25) is 10.1 Å². The maximum Gasteiger partial charge on any atom is 0.250 e. The Morgan fingerprint density at radius 2 is 2.00 bits per heavy atom. The molecule has 138 valence electrons. The number of anilines is 1. The van der Waals surface area contributed by atoms with E-state index in [1.807, 2.05) is 42.5 Å². The standard InChI is InChI=1S/C21H15N3O2S2/c25-19(11-10-16-7-4-12-26-16)24-21(27)22-15-6-3-5-14(13-15)20-23-17-8-1-2-9-18(17)28-20/h1-13H,(H2,22,24,25,27)/b11-10+. The molecule has 2 aromatic carbocycles. The lowest BCUT2D eigenvalue weighted by Gasteiger charge is -2.09. The second-order valence-electron chi connectivity index (χ2n) is 5.86. The first kappa shape index (κ1) is 18.1. The van der Waals surface area contributed by atoms with E-state index in [1.165, 1.54) is 6.08 Å². The van der Waals surface area contributed by atoms with Crippen LogP contribution in [0.4, 0.5) is 5.69 Å². The highest BCUT2D eigenvalue weighted by Gasteiger charge is 2.08. The van der Waals surface area contributed by atoms with Crippen LogP contribution in [0.2, 0.25) is 0 Å². The second kappa shape index (κ2) is 8.16. The van der Waals surface area contributed by atoms with E-state index >= 15 is 0 Å². The number of hydrogen-bond acceptors (Lipinski definition) is 5. The minimum Gasteiger partial charge on any atom is -0.465 e. The number of aromatic nitrogens is 1. The van der Waals surface area contributed by atoms with Gasteiger partial charge in [-0.1, -0.05) is 24.3 Å². The number of nitrogens with one attached hydrogen (secondary N) is 2. The van der Waals surface area contributed by atoms with Gasteiger partial charge in [0.2, 0.25) is 5.91 Å². The summed E-state index contributed by atoms with van der Waals surface area (Å²) in [5, 5.41) is 6.79. The molecule has 0 radical (unpaired) electrons. The van der Waals surface area contributed by atoms with E-state index in [0.29, 0.717) is 5.76 Å². The van der Waals surface area contributed by atoms with Crippen molar-refractivity contribution in [1.82, 2.24) is 10.3 Å². The van der Waals surface area contributed by atoms with Crippen LogP contribution in [0.5, 0.6) is 0 Å². The van der Waals surface area contributed by atoms with Gasteiger partial charge < -0.3 is 9.73 Å². The molecule has 4 aromatic rings. The summed E-state index contributed by atoms with van der Waals surface area (Å²) in [4.78, 5) is 16.6. The third-order valence-corrected chi connectivity index (χ3v) is 5.13. The van der Waals surface area contributed by atoms with Gasteiger partial charge in [0.15, 0.2) is 5.11 Å². The minimum atomic E-state index is -0.337. The Labute approximate surface area is 170 Å². The molecular weight excluding hydrogens is 390 g/mol. The third kappa shape index (κ3) is 4.33. The molecule has 0 aliphatic carbocycles. The van der Waals surface area contributed by atoms with Crippen LogP contribution in [0.1, 0.15) is 5.76 Å². The van der Waals surface area contributed by atoms with E-state index in [4.69, 9.17) is 16.6 Å². The SMILES string of the molecule is O=C(/C=C/c1ccco1)NC(=S)Nc1cccc(-c2nc3ccccc3s2)c1. The van der Waals surface area contributed by atoms with Crippen molar-refractivity contribution in [1.29, 1.82) is 0 Å². The van der Waals surface area contributed by atoms with Crippen LogP contribution in [0.25, 0.3) is 26.9 Å². The maximum atomic E-state index is 12.0. The van der Waals surface area contributed by atoms with Crippen LogP contribution in [0.15, 0.2) is 77.4 Å². The summed E-state index contributed by atoms with van der Waals surface area (Å²) in [6.07, 6.45) is 4.48. The number of hydrogen-bond donors (Lipinski definition) is 2. The summed E-state index contributed by atoms with van der Waals surface area (Å²) < 4.78 is 6.28. The number of para-hydroxylation sites is 1. The fourth-order valence-corrected chi connectivity index (χ4v) is 3.77. The first-order valence-electron chi connectivity index (χ1n) is 8.47. The molecule has 0 aliphatic heterocycles. The van der Waals surface area contributed by atoms with Gasteiger partial charge >= 0.3 is 0 Å². The molecule has 0 fully saturated rings. The molecule has 7 heteroatoms. The van der Waals surface area contributed by atoms with Crippen LogP contribution in [-0.2, 0) is 4.79 Å². The van der Waals surface area contributed by atoms with Crippen molar-refractivity contribution < 1.29 is 9.21 Å². The van der Waals surface area contributed by atoms with Crippen LogP contribution in [0.3, 0.4) is 0 Å². The summed E-state index contributed by atoms with van der Waals surface area (Å²) in [7, 11) is 0. The van der Waals surface area contributed by atoms with E-state index in [-0.39, 0.29) is 11.0 Å². The van der Waals surface area contributed by atoms with Crippen molar-refractivity contribution >= 4 is 56.6 Å². The number of benzene rings is 2. The molecule has 0 saturated heterocycles. The molecule has 0 spiro atoms. The van der Waals surface area contributed by atoms with Crippen LogP contribution < -0.4 is 10.6 Å². The molecule has 0 aliphatic rings. The molecule has 28 heavy (non-hydrogen) atoms. The van der Waals surface area contributed by atoms with E-state index < -0.39 is 0 Å². The summed E-state index contributed by atoms with van der Waals surface area (Å²) in [6, 6.07) is 19.3. The smallest absolute Gasteiger partial charge is 0.250 e. The molecule has 0 bridgehead atoms. The molecule has 1 amide bonds. The number of rotatable bonds is 4. The zero-order valence-electron chi connectivity index (χ0n) is 14.6. The quantitative estimate of drug-likeness (QED) is 0.366. The molecule has 4 rings (SSSR count). The molecule has 0 unspecified atom stereocenters. The predicted molar refractivity (Wildman–Crippen MR) is 117 cm³/mol. The molecule has 0 saturated carbocycles. The van der Waals surface area contributed by atoms with Crippen LogP contribution in [0, 0.1) is 0 Å². The van der Waals surface area contributed by atoms with E-state index in [2.05, 4.69) is 21.7 Å². The number of furan rings is 1. The van der Waals surface area contributed by atoms with E-state index in [0.717, 1.165) is 26.5 Å². The first-order chi connectivity index (χ1) is 13.7. The zero-order chi connectivity index (χ0) is 19.3. The van der Waals surface area contributed by atoms with Crippen molar-refractivity contribution in [3.05, 3.63) is 78.8 Å². The van der Waals surface area contributed by atoms with Gasteiger partial charge in [0.05, 0.1) is 16.5 Å². The Balaban J connectivity index is 1.42. The van der Waals surface area contributed by atoms with Gasteiger partial charge in [-0.25, -0.2) is 4.98 Å². The van der Waals surface area contributed by atoms with Crippen molar-refractivity contribution in [2.24, 2.45) is 0 Å². The van der Waals surface area contributed by atoms with Crippen molar-refractivity contribution in [2.45, 2.75) is 0 Å². The molecule has 2 aromatic heterocycles. The predicted octanol–water partition coefficient (Wildman–Crippen LogP) is 5.08. The summed E-state index contributed by atoms with van der Waals surface area (Å²) in [5.41, 5.74) is 2.74. The molecule has 2 N–H and O–H groups in total. The summed E-state index contributed by atoms with van der Waals surface area (Å²) in [5.74, 6) is 0.258. The molecular formula is C21H15N3O2S2. The van der Waals surface area contributed by atoms with Gasteiger partial charge in [0.25, 0.3) is 0 Å². The number of thiazole rings is 1. The summed E-state index contributed by atoms with van der Waals surface area (Å²) in [6.45, 7) is 0. The Morgan fingerprint density at radius 3 is 2.82 bits per heavy atom. The monoisotopic (exact) mass is 405 g/mol. The number of amides is 1. The number of carbonyl (C=O) groups excluding carboxylic acids is 1. The van der Waals surface area contributed by atoms with Crippen LogP contribution in [-0.4, -0.2) is 16.0 Å². The number of thiocarbonyl (C=S) groups is 1. The van der Waals surface area contributed by atoms with E-state index in [1.54, 1.807) is 35.8 Å². The Bertz CT molecular complexity index is 1130. The summed E-state index contributed by atoms with van der Waals surface area (Å²) >= 11 is 6.86. The fraction of sp³-hybridized carbons (Fsp3) is 0. The maximum absolute atomic E-state index is 12.0. The Hall–Kier alpha value is -3.29. The molecule has 5 nitrogen and oxygen atoms in total.